The molecule has 9 heteroatoms. The Morgan fingerprint density at radius 1 is 1.00 bits per heavy atom. The zero-order chi connectivity index (χ0) is 18.3. The second kappa shape index (κ2) is 6.34. The van der Waals surface area contributed by atoms with E-state index in [1.165, 1.54) is 24.3 Å². The highest BCUT2D eigenvalue weighted by atomic mass is 35.5. The Bertz CT molecular complexity index is 1020. The Morgan fingerprint density at radius 2 is 1.56 bits per heavy atom. The van der Waals surface area contributed by atoms with Crippen LogP contribution < -0.4 is 5.69 Å². The second-order valence-electron chi connectivity index (χ2n) is 4.95. The van der Waals surface area contributed by atoms with Gasteiger partial charge in [-0.05, 0) is 36.4 Å². The second-order valence-corrected chi connectivity index (χ2v) is 5.74. The molecule has 3 rings (SSSR count). The summed E-state index contributed by atoms with van der Waals surface area (Å²) in [5.41, 5.74) is -1.88. The molecule has 0 aliphatic heterocycles. The van der Waals surface area contributed by atoms with E-state index < -0.39 is 39.8 Å². The fourth-order valence-electron chi connectivity index (χ4n) is 2.28. The van der Waals surface area contributed by atoms with Gasteiger partial charge in [-0.15, -0.1) is 0 Å². The number of nitrogens with zero attached hydrogens (tertiary/aromatic N) is 2. The Balaban J connectivity index is 2.22. The molecular formula is C16H8Cl2F2N2O3. The monoisotopic (exact) mass is 384 g/mol. The van der Waals surface area contributed by atoms with Crippen LogP contribution in [0, 0.1) is 11.6 Å². The summed E-state index contributed by atoms with van der Waals surface area (Å²) in [5, 5.41) is 9.80. The number of aromatic nitrogens is 2. The van der Waals surface area contributed by atoms with E-state index in [4.69, 9.17) is 23.2 Å². The molecule has 0 atom stereocenters. The van der Waals surface area contributed by atoms with E-state index >= 15 is 0 Å². The van der Waals surface area contributed by atoms with Gasteiger partial charge in [-0.25, -0.2) is 22.7 Å². The topological polar surface area (TPSA) is 64.2 Å². The summed E-state index contributed by atoms with van der Waals surface area (Å²) in [4.78, 5) is 24.9. The fraction of sp³-hybridized carbons (Fsp3) is 0. The van der Waals surface area contributed by atoms with Crippen molar-refractivity contribution >= 4 is 29.1 Å². The number of hydrogen-bond acceptors (Lipinski definition) is 3. The van der Waals surface area contributed by atoms with Crippen molar-refractivity contribution in [2.45, 2.75) is 0 Å². The first-order valence-electron chi connectivity index (χ1n) is 6.79. The summed E-state index contributed by atoms with van der Waals surface area (Å²) in [5.74, 6) is -4.41. The minimum Gasteiger partial charge on any atom is -0.492 e. The Kier molecular flexibility index (Phi) is 4.36. The van der Waals surface area contributed by atoms with Crippen LogP contribution in [0.15, 0.2) is 47.3 Å². The van der Waals surface area contributed by atoms with Crippen LogP contribution in [0.2, 0.25) is 10.2 Å². The smallest absolute Gasteiger partial charge is 0.344 e. The van der Waals surface area contributed by atoms with Gasteiger partial charge < -0.3 is 5.11 Å². The summed E-state index contributed by atoms with van der Waals surface area (Å²) >= 11 is 11.6. The number of imidazole rings is 1. The van der Waals surface area contributed by atoms with Gasteiger partial charge in [-0.1, -0.05) is 29.3 Å². The normalized spacial score (nSPS) is 10.9. The van der Waals surface area contributed by atoms with E-state index in [9.17, 15) is 23.5 Å². The van der Waals surface area contributed by atoms with Crippen molar-refractivity contribution in [3.63, 3.8) is 0 Å². The maximum Gasteiger partial charge on any atom is 0.344 e. The molecule has 0 spiro atoms. The van der Waals surface area contributed by atoms with Crippen molar-refractivity contribution in [3.05, 3.63) is 80.3 Å². The first-order chi connectivity index (χ1) is 11.8. The van der Waals surface area contributed by atoms with Crippen molar-refractivity contribution in [1.82, 2.24) is 9.13 Å². The molecule has 0 radical (unpaired) electrons. The third kappa shape index (κ3) is 2.81. The highest BCUT2D eigenvalue weighted by molar-refractivity contribution is 6.32. The van der Waals surface area contributed by atoms with Gasteiger partial charge in [-0.2, -0.15) is 0 Å². The first kappa shape index (κ1) is 17.2. The van der Waals surface area contributed by atoms with Crippen molar-refractivity contribution in [1.29, 1.82) is 0 Å². The van der Waals surface area contributed by atoms with Crippen molar-refractivity contribution in [2.75, 3.05) is 0 Å². The maximum atomic E-state index is 13.8. The predicted molar refractivity (Wildman–Crippen MR) is 87.8 cm³/mol. The summed E-state index contributed by atoms with van der Waals surface area (Å²) in [6.45, 7) is 0. The number of halogens is 4. The lowest BCUT2D eigenvalue weighted by atomic mass is 10.2. The SMILES string of the molecule is O=C(c1c(F)cccc1F)n1c(Cl)c(O)n(-c2ccc(Cl)cc2)c1=O. The van der Waals surface area contributed by atoms with Crippen LogP contribution in [0.25, 0.3) is 5.69 Å². The number of carbonyl (C=O) groups excluding carboxylic acids is 1. The van der Waals surface area contributed by atoms with Gasteiger partial charge in [0.05, 0.1) is 5.69 Å². The van der Waals surface area contributed by atoms with Crippen LogP contribution >= 0.6 is 23.2 Å². The molecule has 1 heterocycles. The maximum absolute atomic E-state index is 13.8. The van der Waals surface area contributed by atoms with Crippen molar-refractivity contribution < 1.29 is 18.7 Å². The zero-order valence-electron chi connectivity index (χ0n) is 12.2. The molecule has 128 valence electrons. The molecule has 3 aromatic rings. The van der Waals surface area contributed by atoms with E-state index in [0.717, 1.165) is 22.8 Å². The first-order valence-corrected chi connectivity index (χ1v) is 7.55. The van der Waals surface area contributed by atoms with E-state index in [0.29, 0.717) is 5.02 Å². The molecule has 0 saturated heterocycles. The van der Waals surface area contributed by atoms with Crippen LogP contribution in [0.3, 0.4) is 0 Å². The largest absolute Gasteiger partial charge is 0.492 e. The zero-order valence-corrected chi connectivity index (χ0v) is 13.7. The highest BCUT2D eigenvalue weighted by Gasteiger charge is 2.28. The molecule has 0 amide bonds. The summed E-state index contributed by atoms with van der Waals surface area (Å²) in [6.07, 6.45) is 0. The molecule has 0 fully saturated rings. The van der Waals surface area contributed by atoms with Crippen molar-refractivity contribution in [2.24, 2.45) is 0 Å². The van der Waals surface area contributed by atoms with Crippen LogP contribution in [-0.4, -0.2) is 20.1 Å². The summed E-state index contributed by atoms with van der Waals surface area (Å²) in [6, 6.07) is 8.51. The van der Waals surface area contributed by atoms with Crippen LogP contribution in [-0.2, 0) is 0 Å². The number of carbonyl (C=O) groups is 1. The molecule has 2 aromatic carbocycles. The Hall–Kier alpha value is -2.64. The quantitative estimate of drug-likeness (QED) is 0.733. The molecule has 0 aliphatic rings. The third-order valence-electron chi connectivity index (χ3n) is 3.44. The molecule has 0 unspecified atom stereocenters. The molecule has 1 N–H and O–H groups in total. The van der Waals surface area contributed by atoms with Crippen LogP contribution in [0.5, 0.6) is 5.88 Å². The number of rotatable bonds is 2. The van der Waals surface area contributed by atoms with E-state index in [1.807, 2.05) is 0 Å². The highest BCUT2D eigenvalue weighted by Crippen LogP contribution is 2.27. The third-order valence-corrected chi connectivity index (χ3v) is 4.03. The van der Waals surface area contributed by atoms with E-state index in [2.05, 4.69) is 0 Å². The average molecular weight is 385 g/mol. The van der Waals surface area contributed by atoms with Gasteiger partial charge in [0.1, 0.15) is 17.2 Å². The van der Waals surface area contributed by atoms with Crippen LogP contribution in [0.4, 0.5) is 8.78 Å². The standard InChI is InChI=1S/C16H8Cl2F2N2O3/c17-8-4-6-9(7-5-8)21-15(24)13(18)22(16(21)25)14(23)12-10(19)2-1-3-11(12)20/h1-7,24H. The number of aromatic hydroxyl groups is 1. The van der Waals surface area contributed by atoms with Gasteiger partial charge in [0, 0.05) is 5.02 Å². The lowest BCUT2D eigenvalue weighted by Crippen LogP contribution is -2.30. The van der Waals surface area contributed by atoms with Gasteiger partial charge in [0.2, 0.25) is 5.88 Å². The molecule has 5 nitrogen and oxygen atoms in total. The lowest BCUT2D eigenvalue weighted by molar-refractivity contribution is 0.0947. The minimum absolute atomic E-state index is 0.161. The summed E-state index contributed by atoms with van der Waals surface area (Å²) < 4.78 is 28.6. The molecular weight excluding hydrogens is 377 g/mol. The predicted octanol–water partition coefficient (Wildman–Crippen LogP) is 3.62. The minimum atomic E-state index is -1.34. The molecule has 0 bridgehead atoms. The van der Waals surface area contributed by atoms with E-state index in [-0.39, 0.29) is 10.3 Å². The lowest BCUT2D eigenvalue weighted by Gasteiger charge is -2.04. The van der Waals surface area contributed by atoms with Gasteiger partial charge in [0.15, 0.2) is 5.15 Å². The summed E-state index contributed by atoms with van der Waals surface area (Å²) in [7, 11) is 0. The average Bonchev–Trinajstić information content (AvgIpc) is 2.78. The molecule has 0 saturated carbocycles. The number of hydrogen-bond donors (Lipinski definition) is 1. The fourth-order valence-corrected chi connectivity index (χ4v) is 2.64. The molecule has 0 aliphatic carbocycles. The van der Waals surface area contributed by atoms with E-state index in [1.54, 1.807) is 0 Å². The van der Waals surface area contributed by atoms with Gasteiger partial charge >= 0.3 is 5.69 Å². The Labute approximate surface area is 149 Å². The van der Waals surface area contributed by atoms with Gasteiger partial charge in [0.25, 0.3) is 5.91 Å². The number of benzene rings is 2. The molecule has 1 aromatic heterocycles. The van der Waals surface area contributed by atoms with Gasteiger partial charge in [-0.3, -0.25) is 4.79 Å². The van der Waals surface area contributed by atoms with Crippen molar-refractivity contribution in [3.8, 4) is 11.6 Å². The molecule has 25 heavy (non-hydrogen) atoms. The Morgan fingerprint density at radius 3 is 2.12 bits per heavy atom. The van der Waals surface area contributed by atoms with Crippen LogP contribution in [0.1, 0.15) is 10.4 Å².